The summed E-state index contributed by atoms with van der Waals surface area (Å²) >= 11 is 3.52. The fourth-order valence-electron chi connectivity index (χ4n) is 5.94. The molecule has 2 aromatic carbocycles. The van der Waals surface area contributed by atoms with Crippen molar-refractivity contribution in [2.45, 2.75) is 93.4 Å². The van der Waals surface area contributed by atoms with Gasteiger partial charge in [0.25, 0.3) is 0 Å². The Bertz CT molecular complexity index is 2130. The van der Waals surface area contributed by atoms with Crippen LogP contribution in [-0.2, 0) is 30.3 Å². The predicted octanol–water partition coefficient (Wildman–Crippen LogP) is 13.1. The van der Waals surface area contributed by atoms with Gasteiger partial charge in [-0.25, -0.2) is 0 Å². The van der Waals surface area contributed by atoms with Crippen LogP contribution in [0.4, 0.5) is 0 Å². The summed E-state index contributed by atoms with van der Waals surface area (Å²) in [7, 11) is 0. The van der Waals surface area contributed by atoms with Crippen molar-refractivity contribution >= 4 is 59.5 Å². The molecule has 1 N–H and O–H groups in total. The Balaban J connectivity index is 0.000000269. The number of hydrogen-bond acceptors (Lipinski definition) is 6. The van der Waals surface area contributed by atoms with Crippen molar-refractivity contribution < 1.29 is 30.0 Å². The number of carbonyl (C=O) groups is 1. The first kappa shape index (κ1) is 39.6. The summed E-state index contributed by atoms with van der Waals surface area (Å²) in [6.45, 7) is 18.9. The molecule has 6 aromatic rings. The second kappa shape index (κ2) is 16.0. The van der Waals surface area contributed by atoms with E-state index >= 15 is 0 Å². The summed E-state index contributed by atoms with van der Waals surface area (Å²) in [6.07, 6.45) is 8.64. The topological polar surface area (TPSA) is 63.1 Å². The zero-order chi connectivity index (χ0) is 35.6. The van der Waals surface area contributed by atoms with Crippen LogP contribution in [0.2, 0.25) is 0 Å². The average Bonchev–Trinajstić information content (AvgIpc) is 3.77. The predicted molar refractivity (Wildman–Crippen MR) is 212 cm³/mol. The maximum Gasteiger partial charge on any atom is 0.164 e. The van der Waals surface area contributed by atoms with Gasteiger partial charge in [0.15, 0.2) is 5.78 Å². The summed E-state index contributed by atoms with van der Waals surface area (Å²) < 4.78 is 2.41. The third kappa shape index (κ3) is 8.12. The van der Waals surface area contributed by atoms with Crippen molar-refractivity contribution in [3.05, 3.63) is 95.8 Å². The van der Waals surface area contributed by atoms with Gasteiger partial charge < -0.3 is 5.11 Å². The molecule has 0 amide bonds. The van der Waals surface area contributed by atoms with Crippen molar-refractivity contribution in [1.29, 1.82) is 0 Å². The van der Waals surface area contributed by atoms with Crippen LogP contribution in [0.1, 0.15) is 93.6 Å². The zero-order valence-corrected chi connectivity index (χ0v) is 34.8. The number of aromatic nitrogens is 2. The molecule has 0 saturated carbocycles. The van der Waals surface area contributed by atoms with Crippen LogP contribution in [0.3, 0.4) is 0 Å². The van der Waals surface area contributed by atoms with E-state index in [1.165, 1.54) is 36.7 Å². The van der Waals surface area contributed by atoms with E-state index in [4.69, 9.17) is 4.98 Å². The fourth-order valence-corrected chi connectivity index (χ4v) is 7.86. The van der Waals surface area contributed by atoms with Gasteiger partial charge in [-0.2, -0.15) is 0 Å². The number of aliphatic hydroxyl groups is 1. The van der Waals surface area contributed by atoms with Gasteiger partial charge in [0.2, 0.25) is 0 Å². The molecule has 0 atom stereocenters. The quantitative estimate of drug-likeness (QED) is 0.0893. The third-order valence-corrected chi connectivity index (χ3v) is 12.5. The molecule has 4 heterocycles. The van der Waals surface area contributed by atoms with E-state index in [1.807, 2.05) is 53.9 Å². The number of nitrogens with zero attached hydrogens (tertiary/aromatic N) is 2. The molecule has 0 fully saturated rings. The number of rotatable bonds is 9. The van der Waals surface area contributed by atoms with E-state index in [9.17, 15) is 9.90 Å². The Morgan fingerprint density at radius 3 is 2.22 bits per heavy atom. The monoisotopic (exact) mass is 882 g/mol. The van der Waals surface area contributed by atoms with Gasteiger partial charge in [0.05, 0.1) is 10.2 Å². The van der Waals surface area contributed by atoms with Crippen LogP contribution in [0.15, 0.2) is 84.2 Å². The van der Waals surface area contributed by atoms with E-state index in [0.717, 1.165) is 53.4 Å². The Hall–Kier alpha value is -3.22. The molecular formula is C43H49IrN2O2S2-. The Morgan fingerprint density at radius 2 is 1.56 bits per heavy atom. The number of benzene rings is 2. The minimum absolute atomic E-state index is 0. The molecule has 0 unspecified atom stereocenters. The van der Waals surface area contributed by atoms with E-state index in [2.05, 4.69) is 91.8 Å². The summed E-state index contributed by atoms with van der Waals surface area (Å²) in [6, 6.07) is 23.1. The number of aliphatic hydroxyl groups excluding tert-OH is 1. The second-order valence-corrected chi connectivity index (χ2v) is 16.5. The van der Waals surface area contributed by atoms with Crippen molar-refractivity contribution in [2.75, 3.05) is 0 Å². The van der Waals surface area contributed by atoms with Gasteiger partial charge >= 0.3 is 0 Å². The molecule has 0 aliphatic rings. The maximum atomic E-state index is 12.2. The zero-order valence-electron chi connectivity index (χ0n) is 30.7. The summed E-state index contributed by atoms with van der Waals surface area (Å²) in [5.41, 5.74) is 5.02. The molecule has 0 aliphatic carbocycles. The van der Waals surface area contributed by atoms with E-state index < -0.39 is 0 Å². The van der Waals surface area contributed by atoms with Crippen LogP contribution in [0.5, 0.6) is 0 Å². The van der Waals surface area contributed by atoms with Gasteiger partial charge in [-0.1, -0.05) is 91.5 Å². The minimum Gasteiger partial charge on any atom is -0.512 e. The summed E-state index contributed by atoms with van der Waals surface area (Å²) in [5, 5.41) is 15.8. The van der Waals surface area contributed by atoms with Gasteiger partial charge in [0.1, 0.15) is 5.76 Å². The number of thiophene rings is 2. The molecule has 0 spiro atoms. The third-order valence-electron chi connectivity index (χ3n) is 10.5. The number of fused-ring (bicyclic) bond motifs is 3. The van der Waals surface area contributed by atoms with Crippen LogP contribution in [-0.4, -0.2) is 20.9 Å². The summed E-state index contributed by atoms with van der Waals surface area (Å²) in [4.78, 5) is 22.9. The standard InChI is InChI=1S/C28H21N2S2.C15H28O2.Ir/c1-28(2,3)22-13-19(12-17-6-4-5-7-21(17)22)26-27-18(8-10-29-26)14-24(32-27)20-15-25-23(30-16-20)9-11-31-25;1-7-14(5,8-2)12(16)11-13(17)15(6,9-3)10-4;/h4-11,13-16H,1-3H3;11,16H,7-10H2,1-6H3;/q-1;;/b;12-11-;. The summed E-state index contributed by atoms with van der Waals surface area (Å²) in [5.74, 6) is 0.286. The molecule has 4 aromatic heterocycles. The number of hydrogen-bond donors (Lipinski definition) is 1. The van der Waals surface area contributed by atoms with E-state index in [0.29, 0.717) is 0 Å². The van der Waals surface area contributed by atoms with Crippen LogP contribution >= 0.6 is 22.7 Å². The Kier molecular flexibility index (Phi) is 12.6. The van der Waals surface area contributed by atoms with Crippen molar-refractivity contribution in [2.24, 2.45) is 10.8 Å². The van der Waals surface area contributed by atoms with Gasteiger partial charge in [0, 0.05) is 70.2 Å². The second-order valence-electron chi connectivity index (χ2n) is 14.5. The molecule has 265 valence electrons. The smallest absolute Gasteiger partial charge is 0.164 e. The van der Waals surface area contributed by atoms with E-state index in [1.54, 1.807) is 22.7 Å². The molecule has 6 rings (SSSR count). The maximum absolute atomic E-state index is 12.2. The number of ketones is 1. The number of allylic oxidation sites excluding steroid dienone is 2. The molecule has 7 heteroatoms. The average molecular weight is 882 g/mol. The number of carbonyl (C=O) groups excluding carboxylic acids is 1. The minimum atomic E-state index is -0.337. The van der Waals surface area contributed by atoms with Gasteiger partial charge in [-0.15, -0.1) is 51.8 Å². The van der Waals surface area contributed by atoms with Crippen molar-refractivity contribution in [3.8, 4) is 21.7 Å². The molecule has 0 aliphatic heterocycles. The first-order valence-corrected chi connectivity index (χ1v) is 19.1. The largest absolute Gasteiger partial charge is 0.512 e. The van der Waals surface area contributed by atoms with E-state index in [-0.39, 0.29) is 47.9 Å². The molecule has 0 bridgehead atoms. The first-order valence-electron chi connectivity index (χ1n) is 17.4. The first-order chi connectivity index (χ1) is 23.3. The SMILES string of the molecule is CC(C)(C)c1cc(-c2nccc3cc(-c4cnc5ccsc5c4)sc23)[c-]c2ccccc12.CCC(C)(CC)C(=O)/C=C(\O)C(C)(CC)CC.[Ir]. The Labute approximate surface area is 319 Å². The van der Waals surface area contributed by atoms with Crippen LogP contribution in [0.25, 0.3) is 52.8 Å². The fraction of sp³-hybridized carbons (Fsp3) is 0.372. The normalized spacial score (nSPS) is 12.5. The Morgan fingerprint density at radius 1 is 0.880 bits per heavy atom. The van der Waals surface area contributed by atoms with Gasteiger partial charge in [-0.05, 0) is 66.1 Å². The molecular weight excluding hydrogens is 833 g/mol. The molecule has 4 nitrogen and oxygen atoms in total. The van der Waals surface area contributed by atoms with Crippen LogP contribution < -0.4 is 0 Å². The molecule has 50 heavy (non-hydrogen) atoms. The molecule has 0 saturated heterocycles. The van der Waals surface area contributed by atoms with Crippen molar-refractivity contribution in [3.63, 3.8) is 0 Å². The molecule has 1 radical (unpaired) electrons. The van der Waals surface area contributed by atoms with Crippen LogP contribution in [0, 0.1) is 16.9 Å². The van der Waals surface area contributed by atoms with Crippen molar-refractivity contribution in [1.82, 2.24) is 9.97 Å². The van der Waals surface area contributed by atoms with Gasteiger partial charge in [-0.3, -0.25) is 14.8 Å². The number of pyridine rings is 2.